The summed E-state index contributed by atoms with van der Waals surface area (Å²) in [5, 5.41) is 6.53. The van der Waals surface area contributed by atoms with Crippen molar-refractivity contribution < 1.29 is 4.79 Å². The zero-order chi connectivity index (χ0) is 16.9. The zero-order valence-corrected chi connectivity index (χ0v) is 15.5. The van der Waals surface area contributed by atoms with E-state index in [1.54, 1.807) is 29.7 Å². The molecule has 3 rings (SSSR count). The fourth-order valence-corrected chi connectivity index (χ4v) is 3.92. The van der Waals surface area contributed by atoms with Crippen LogP contribution in [-0.4, -0.2) is 10.9 Å². The summed E-state index contributed by atoms with van der Waals surface area (Å²) in [5.41, 5.74) is 0.972. The van der Waals surface area contributed by atoms with Gasteiger partial charge < -0.3 is 0 Å². The van der Waals surface area contributed by atoms with Crippen molar-refractivity contribution in [2.75, 3.05) is 5.32 Å². The van der Waals surface area contributed by atoms with Crippen LogP contribution < -0.4 is 5.32 Å². The lowest BCUT2D eigenvalue weighted by Gasteiger charge is -2.02. The molecular formula is C17H12Cl2N2OS2. The molecule has 0 aliphatic rings. The molecule has 0 spiro atoms. The standard InChI is InChI=1S/C17H12Cl2N2OS2/c18-12-4-3-11(15(19)9-12)8-14-10-20-17(24-14)21-16(22)6-5-13-2-1-7-23-13/h1-7,9-10H,8H2,(H,20,21,22)/b6-5-. The van der Waals surface area contributed by atoms with Crippen molar-refractivity contribution in [1.82, 2.24) is 4.98 Å². The van der Waals surface area contributed by atoms with Gasteiger partial charge in [-0.25, -0.2) is 4.98 Å². The molecule has 1 amide bonds. The highest BCUT2D eigenvalue weighted by atomic mass is 35.5. The molecule has 0 aliphatic carbocycles. The number of benzene rings is 1. The summed E-state index contributed by atoms with van der Waals surface area (Å²) in [7, 11) is 0. The van der Waals surface area contributed by atoms with Gasteiger partial charge in [0.25, 0.3) is 0 Å². The Hall–Kier alpha value is -1.66. The number of anilines is 1. The Morgan fingerprint density at radius 3 is 2.92 bits per heavy atom. The molecule has 0 bridgehead atoms. The largest absolute Gasteiger partial charge is 0.298 e. The van der Waals surface area contributed by atoms with Crippen LogP contribution in [-0.2, 0) is 11.2 Å². The zero-order valence-electron chi connectivity index (χ0n) is 12.3. The van der Waals surface area contributed by atoms with Crippen molar-refractivity contribution in [3.05, 3.63) is 73.3 Å². The number of thiophene rings is 1. The Morgan fingerprint density at radius 2 is 2.17 bits per heavy atom. The predicted octanol–water partition coefficient (Wildman–Crippen LogP) is 5.75. The molecule has 3 nitrogen and oxygen atoms in total. The van der Waals surface area contributed by atoms with Crippen molar-refractivity contribution in [3.63, 3.8) is 0 Å². The van der Waals surface area contributed by atoms with E-state index in [0.717, 1.165) is 15.3 Å². The quantitative estimate of drug-likeness (QED) is 0.559. The molecule has 7 heteroatoms. The van der Waals surface area contributed by atoms with Crippen LogP contribution in [0.4, 0.5) is 5.13 Å². The van der Waals surface area contributed by atoms with Gasteiger partial charge in [0.15, 0.2) is 5.13 Å². The lowest BCUT2D eigenvalue weighted by molar-refractivity contribution is -0.111. The van der Waals surface area contributed by atoms with Crippen LogP contribution in [0.5, 0.6) is 0 Å². The third-order valence-electron chi connectivity index (χ3n) is 3.11. The molecule has 2 aromatic heterocycles. The lowest BCUT2D eigenvalue weighted by atomic mass is 10.1. The normalized spacial score (nSPS) is 11.1. The molecule has 0 radical (unpaired) electrons. The molecule has 2 heterocycles. The average molecular weight is 395 g/mol. The maximum atomic E-state index is 11.9. The van der Waals surface area contributed by atoms with E-state index in [1.165, 1.54) is 17.4 Å². The predicted molar refractivity (Wildman–Crippen MR) is 103 cm³/mol. The molecule has 122 valence electrons. The van der Waals surface area contributed by atoms with Gasteiger partial charge >= 0.3 is 0 Å². The van der Waals surface area contributed by atoms with Crippen LogP contribution in [0.15, 0.2) is 48.0 Å². The molecule has 0 atom stereocenters. The van der Waals surface area contributed by atoms with Gasteiger partial charge in [-0.15, -0.1) is 22.7 Å². The van der Waals surface area contributed by atoms with Crippen molar-refractivity contribution in [2.24, 2.45) is 0 Å². The minimum atomic E-state index is -0.200. The summed E-state index contributed by atoms with van der Waals surface area (Å²) in [6.07, 6.45) is 5.67. The molecule has 24 heavy (non-hydrogen) atoms. The molecular weight excluding hydrogens is 383 g/mol. The van der Waals surface area contributed by atoms with Crippen LogP contribution in [0.3, 0.4) is 0 Å². The van der Waals surface area contributed by atoms with Crippen molar-refractivity contribution in [1.29, 1.82) is 0 Å². The first-order chi connectivity index (χ1) is 11.6. The van der Waals surface area contributed by atoms with Gasteiger partial charge in [0, 0.05) is 38.5 Å². The number of nitrogens with one attached hydrogen (secondary N) is 1. The Kier molecular flexibility index (Phi) is 5.68. The lowest BCUT2D eigenvalue weighted by Crippen LogP contribution is -2.06. The summed E-state index contributed by atoms with van der Waals surface area (Å²) in [6, 6.07) is 9.31. The maximum Gasteiger partial charge on any atom is 0.250 e. The molecule has 0 aliphatic heterocycles. The molecule has 0 fully saturated rings. The number of hydrogen-bond donors (Lipinski definition) is 1. The highest BCUT2D eigenvalue weighted by Crippen LogP contribution is 2.26. The number of rotatable bonds is 5. The number of hydrogen-bond acceptors (Lipinski definition) is 4. The van der Waals surface area contributed by atoms with E-state index in [0.29, 0.717) is 21.6 Å². The monoisotopic (exact) mass is 394 g/mol. The van der Waals surface area contributed by atoms with Crippen molar-refractivity contribution in [3.8, 4) is 0 Å². The van der Waals surface area contributed by atoms with Gasteiger partial charge in [-0.1, -0.05) is 35.3 Å². The van der Waals surface area contributed by atoms with E-state index >= 15 is 0 Å². The van der Waals surface area contributed by atoms with E-state index in [2.05, 4.69) is 10.3 Å². The molecule has 0 saturated carbocycles. The summed E-state index contributed by atoms with van der Waals surface area (Å²) in [5.74, 6) is -0.200. The van der Waals surface area contributed by atoms with E-state index in [9.17, 15) is 4.79 Å². The number of aromatic nitrogens is 1. The summed E-state index contributed by atoms with van der Waals surface area (Å²) < 4.78 is 0. The third-order valence-corrected chi connectivity index (χ3v) is 5.44. The first-order valence-electron chi connectivity index (χ1n) is 7.01. The Bertz CT molecular complexity index is 873. The number of thiazole rings is 1. The molecule has 0 saturated heterocycles. The highest BCUT2D eigenvalue weighted by Gasteiger charge is 2.08. The summed E-state index contributed by atoms with van der Waals surface area (Å²) in [6.45, 7) is 0. The molecule has 0 unspecified atom stereocenters. The number of nitrogens with zero attached hydrogens (tertiary/aromatic N) is 1. The van der Waals surface area contributed by atoms with E-state index < -0.39 is 0 Å². The first kappa shape index (κ1) is 17.2. The van der Waals surface area contributed by atoms with Gasteiger partial charge in [0.1, 0.15) is 0 Å². The van der Waals surface area contributed by atoms with Crippen molar-refractivity contribution in [2.45, 2.75) is 6.42 Å². The summed E-state index contributed by atoms with van der Waals surface area (Å²) in [4.78, 5) is 18.2. The second-order valence-corrected chi connectivity index (χ2v) is 7.82. The maximum absolute atomic E-state index is 11.9. The van der Waals surface area contributed by atoms with Crippen molar-refractivity contribution >= 4 is 63.0 Å². The summed E-state index contributed by atoms with van der Waals surface area (Å²) >= 11 is 15.1. The minimum absolute atomic E-state index is 0.200. The SMILES string of the molecule is O=C(/C=C\c1cccs1)Nc1ncc(Cc2ccc(Cl)cc2Cl)s1. The van der Waals surface area contributed by atoms with Gasteiger partial charge in [0.05, 0.1) is 0 Å². The van der Waals surface area contributed by atoms with Gasteiger partial charge in [0.2, 0.25) is 5.91 Å². The second kappa shape index (κ2) is 7.94. The average Bonchev–Trinajstić information content (AvgIpc) is 3.20. The van der Waals surface area contributed by atoms with Crippen LogP contribution in [0, 0.1) is 0 Å². The van der Waals surface area contributed by atoms with Gasteiger partial charge in [-0.3, -0.25) is 10.1 Å². The highest BCUT2D eigenvalue weighted by molar-refractivity contribution is 7.15. The number of amides is 1. The third kappa shape index (κ3) is 4.68. The first-order valence-corrected chi connectivity index (χ1v) is 9.46. The Morgan fingerprint density at radius 1 is 1.29 bits per heavy atom. The minimum Gasteiger partial charge on any atom is -0.298 e. The van der Waals surface area contributed by atoms with E-state index in [4.69, 9.17) is 23.2 Å². The smallest absolute Gasteiger partial charge is 0.250 e. The second-order valence-electron chi connectivity index (χ2n) is 4.88. The number of carbonyl (C=O) groups excluding carboxylic acids is 1. The van der Waals surface area contributed by atoms with E-state index in [1.807, 2.05) is 29.6 Å². The van der Waals surface area contributed by atoms with Crippen LogP contribution in [0.2, 0.25) is 10.0 Å². The molecule has 1 aromatic carbocycles. The number of carbonyl (C=O) groups is 1. The van der Waals surface area contributed by atoms with E-state index in [-0.39, 0.29) is 5.91 Å². The number of halogens is 2. The van der Waals surface area contributed by atoms with Crippen LogP contribution in [0.25, 0.3) is 6.08 Å². The fourth-order valence-electron chi connectivity index (χ4n) is 1.99. The fraction of sp³-hybridized carbons (Fsp3) is 0.0588. The van der Waals surface area contributed by atoms with Crippen LogP contribution >= 0.6 is 45.9 Å². The van der Waals surface area contributed by atoms with Crippen LogP contribution in [0.1, 0.15) is 15.3 Å². The molecule has 1 N–H and O–H groups in total. The van der Waals surface area contributed by atoms with Gasteiger partial charge in [-0.05, 0) is 35.2 Å². The Balaban J connectivity index is 1.62. The van der Waals surface area contributed by atoms with Gasteiger partial charge in [-0.2, -0.15) is 0 Å². The molecule has 3 aromatic rings. The topological polar surface area (TPSA) is 42.0 Å². The Labute approximate surface area is 157 Å².